The van der Waals surface area contributed by atoms with Gasteiger partial charge in [0, 0.05) is 19.0 Å². The van der Waals surface area contributed by atoms with Crippen LogP contribution in [0.5, 0.6) is 11.5 Å². The van der Waals surface area contributed by atoms with Crippen LogP contribution in [0.15, 0.2) is 64.9 Å². The number of hydrogen-bond donors (Lipinski definition) is 0. The molecule has 8 nitrogen and oxygen atoms in total. The fourth-order valence-corrected chi connectivity index (χ4v) is 4.31. The maximum Gasteiger partial charge on any atom is 0.233 e. The highest BCUT2D eigenvalue weighted by Gasteiger charge is 2.31. The van der Waals surface area contributed by atoms with Crippen LogP contribution >= 0.6 is 11.8 Å². The van der Waals surface area contributed by atoms with Crippen LogP contribution in [0.2, 0.25) is 0 Å². The van der Waals surface area contributed by atoms with Crippen LogP contribution in [0.3, 0.4) is 0 Å². The third-order valence-electron chi connectivity index (χ3n) is 5.43. The normalized spacial score (nSPS) is 16.3. The first-order valence-electron chi connectivity index (χ1n) is 11.1. The van der Waals surface area contributed by atoms with Crippen LogP contribution in [-0.4, -0.2) is 64.0 Å². The van der Waals surface area contributed by atoms with Gasteiger partial charge in [-0.25, -0.2) is 0 Å². The Morgan fingerprint density at radius 1 is 1.09 bits per heavy atom. The third-order valence-corrected chi connectivity index (χ3v) is 6.33. The predicted octanol–water partition coefficient (Wildman–Crippen LogP) is 3.78. The molecule has 0 unspecified atom stereocenters. The van der Waals surface area contributed by atoms with Gasteiger partial charge in [-0.3, -0.25) is 4.79 Å². The summed E-state index contributed by atoms with van der Waals surface area (Å²) in [7, 11) is 0. The van der Waals surface area contributed by atoms with Gasteiger partial charge in [0.25, 0.3) is 0 Å². The molecule has 33 heavy (non-hydrogen) atoms. The van der Waals surface area contributed by atoms with Crippen LogP contribution in [0, 0.1) is 0 Å². The van der Waals surface area contributed by atoms with E-state index in [1.807, 2.05) is 59.5 Å². The minimum atomic E-state index is 0.0839. The van der Waals surface area contributed by atoms with E-state index in [1.165, 1.54) is 11.8 Å². The van der Waals surface area contributed by atoms with Gasteiger partial charge in [0.1, 0.15) is 11.5 Å². The van der Waals surface area contributed by atoms with Crippen LogP contribution in [-0.2, 0) is 9.53 Å². The fraction of sp³-hybridized carbons (Fsp3) is 0.333. The van der Waals surface area contributed by atoms with E-state index in [9.17, 15) is 4.79 Å². The summed E-state index contributed by atoms with van der Waals surface area (Å²) in [6.45, 7) is 2.46. The minimum Gasteiger partial charge on any atom is -0.457 e. The number of carbonyl (C=O) groups is 1. The van der Waals surface area contributed by atoms with Gasteiger partial charge in [-0.05, 0) is 42.7 Å². The largest absolute Gasteiger partial charge is 0.457 e. The molecule has 0 bridgehead atoms. The molecular formula is C24H25N5O3S. The summed E-state index contributed by atoms with van der Waals surface area (Å²) in [6.07, 6.45) is 3.96. The van der Waals surface area contributed by atoms with Crippen molar-refractivity contribution in [3.8, 4) is 11.5 Å². The molecule has 2 aliphatic rings. The van der Waals surface area contributed by atoms with Crippen LogP contribution in [0.1, 0.15) is 30.1 Å². The standard InChI is InChI=1S/C24H25N5O3S/c30-22(28-11-13-31-14-12-28)17-33-24-27-26-23(19-9-10-19)29(24)25-16-18-5-4-8-21(15-18)32-20-6-2-1-3-7-20/h1-8,15-16,19H,9-14,17H2. The van der Waals surface area contributed by atoms with E-state index < -0.39 is 0 Å². The second kappa shape index (κ2) is 10.2. The number of morpholine rings is 1. The Bertz CT molecular complexity index is 1120. The van der Waals surface area contributed by atoms with Gasteiger partial charge in [-0.15, -0.1) is 10.2 Å². The second-order valence-corrected chi connectivity index (χ2v) is 8.88. The topological polar surface area (TPSA) is 81.8 Å². The van der Waals surface area contributed by atoms with Crippen LogP contribution in [0.25, 0.3) is 0 Å². The fourth-order valence-electron chi connectivity index (χ4n) is 3.51. The Kier molecular flexibility index (Phi) is 6.68. The van der Waals surface area contributed by atoms with E-state index in [-0.39, 0.29) is 5.91 Å². The molecule has 5 rings (SSSR count). The average Bonchev–Trinajstić information content (AvgIpc) is 3.63. The highest BCUT2D eigenvalue weighted by molar-refractivity contribution is 7.99. The number of rotatable bonds is 8. The summed E-state index contributed by atoms with van der Waals surface area (Å²) in [5.74, 6) is 3.14. The van der Waals surface area contributed by atoms with Crippen molar-refractivity contribution >= 4 is 23.9 Å². The van der Waals surface area contributed by atoms with Gasteiger partial charge in [0.05, 0.1) is 25.2 Å². The molecule has 2 fully saturated rings. The first kappa shape index (κ1) is 21.7. The molecule has 1 aromatic heterocycles. The zero-order valence-corrected chi connectivity index (χ0v) is 19.0. The zero-order valence-electron chi connectivity index (χ0n) is 18.2. The number of amides is 1. The van der Waals surface area contributed by atoms with Gasteiger partial charge in [-0.1, -0.05) is 42.1 Å². The van der Waals surface area contributed by atoms with E-state index in [4.69, 9.17) is 9.47 Å². The number of benzene rings is 2. The number of thioether (sulfide) groups is 1. The molecule has 2 aromatic carbocycles. The molecule has 170 valence electrons. The van der Waals surface area contributed by atoms with Gasteiger partial charge >= 0.3 is 0 Å². The molecule has 3 aromatic rings. The first-order valence-corrected chi connectivity index (χ1v) is 12.1. The molecule has 1 amide bonds. The molecule has 1 saturated carbocycles. The lowest BCUT2D eigenvalue weighted by Crippen LogP contribution is -2.41. The number of hydrogen-bond acceptors (Lipinski definition) is 7. The quantitative estimate of drug-likeness (QED) is 0.374. The third kappa shape index (κ3) is 5.61. The Hall–Kier alpha value is -3.17. The van der Waals surface area contributed by atoms with Crippen molar-refractivity contribution in [1.29, 1.82) is 0 Å². The lowest BCUT2D eigenvalue weighted by molar-refractivity contribution is -0.132. The van der Waals surface area contributed by atoms with Crippen molar-refractivity contribution in [2.24, 2.45) is 5.10 Å². The van der Waals surface area contributed by atoms with E-state index >= 15 is 0 Å². The lowest BCUT2D eigenvalue weighted by atomic mass is 10.2. The first-order chi connectivity index (χ1) is 16.3. The van der Waals surface area contributed by atoms with E-state index in [0.717, 1.165) is 35.7 Å². The Morgan fingerprint density at radius 2 is 1.88 bits per heavy atom. The summed E-state index contributed by atoms with van der Waals surface area (Å²) in [6, 6.07) is 17.4. The van der Waals surface area contributed by atoms with Crippen LogP contribution in [0.4, 0.5) is 0 Å². The minimum absolute atomic E-state index is 0.0839. The molecule has 0 atom stereocenters. The molecule has 0 radical (unpaired) electrons. The van der Waals surface area contributed by atoms with E-state index in [2.05, 4.69) is 15.3 Å². The van der Waals surface area contributed by atoms with Gasteiger partial charge in [0.15, 0.2) is 5.82 Å². The second-order valence-electron chi connectivity index (χ2n) is 7.94. The Labute approximate surface area is 196 Å². The molecule has 1 aliphatic heterocycles. The van der Waals surface area contributed by atoms with Crippen molar-refractivity contribution in [2.45, 2.75) is 23.9 Å². The molecule has 1 aliphatic carbocycles. The number of aromatic nitrogens is 3. The van der Waals surface area contributed by atoms with E-state index in [1.54, 1.807) is 10.9 Å². The molecule has 9 heteroatoms. The van der Waals surface area contributed by atoms with Crippen molar-refractivity contribution in [3.05, 3.63) is 66.0 Å². The number of nitrogens with zero attached hydrogens (tertiary/aromatic N) is 5. The van der Waals surface area contributed by atoms with Crippen molar-refractivity contribution < 1.29 is 14.3 Å². The average molecular weight is 464 g/mol. The van der Waals surface area contributed by atoms with Crippen molar-refractivity contribution in [2.75, 3.05) is 32.1 Å². The molecule has 0 N–H and O–H groups in total. The maximum absolute atomic E-state index is 12.5. The lowest BCUT2D eigenvalue weighted by Gasteiger charge is -2.26. The summed E-state index contributed by atoms with van der Waals surface area (Å²) in [5, 5.41) is 14.0. The number of para-hydroxylation sites is 1. The van der Waals surface area contributed by atoms with Gasteiger partial charge in [0.2, 0.25) is 11.1 Å². The summed E-state index contributed by atoms with van der Waals surface area (Å²) >= 11 is 1.37. The highest BCUT2D eigenvalue weighted by Crippen LogP contribution is 2.40. The molecule has 2 heterocycles. The summed E-state index contributed by atoms with van der Waals surface area (Å²) in [4.78, 5) is 14.4. The SMILES string of the molecule is O=C(CSc1nnc(C2CC2)n1N=Cc1cccc(Oc2ccccc2)c1)N1CCOCC1. The number of ether oxygens (including phenoxy) is 2. The molecular weight excluding hydrogens is 438 g/mol. The van der Waals surface area contributed by atoms with Crippen molar-refractivity contribution in [1.82, 2.24) is 19.8 Å². The van der Waals surface area contributed by atoms with Crippen molar-refractivity contribution in [3.63, 3.8) is 0 Å². The molecule has 0 spiro atoms. The van der Waals surface area contributed by atoms with Gasteiger partial charge < -0.3 is 14.4 Å². The van der Waals surface area contributed by atoms with Crippen LogP contribution < -0.4 is 4.74 Å². The van der Waals surface area contributed by atoms with Gasteiger partial charge in [-0.2, -0.15) is 9.78 Å². The number of carbonyl (C=O) groups excluding carboxylic acids is 1. The predicted molar refractivity (Wildman–Crippen MR) is 126 cm³/mol. The smallest absolute Gasteiger partial charge is 0.233 e. The maximum atomic E-state index is 12.5. The highest BCUT2D eigenvalue weighted by atomic mass is 32.2. The Balaban J connectivity index is 1.30. The zero-order chi connectivity index (χ0) is 22.5. The van der Waals surface area contributed by atoms with E-state index in [0.29, 0.717) is 43.1 Å². The summed E-state index contributed by atoms with van der Waals surface area (Å²) in [5.41, 5.74) is 0.902. The monoisotopic (exact) mass is 463 g/mol. The Morgan fingerprint density at radius 3 is 2.67 bits per heavy atom. The molecule has 1 saturated heterocycles. The summed E-state index contributed by atoms with van der Waals surface area (Å²) < 4.78 is 13.0.